The number of aliphatic hydroxyl groups is 2. The van der Waals surface area contributed by atoms with Crippen molar-refractivity contribution in [1.29, 1.82) is 5.26 Å². The minimum Gasteiger partial charge on any atom is -0.444 e. The Kier molecular flexibility index (Phi) is 6.62. The molecule has 0 spiro atoms. The number of nitrogens with two attached hydrogens (primary N) is 1. The summed E-state index contributed by atoms with van der Waals surface area (Å²) in [7, 11) is 0. The molecule has 2 aromatic rings. The topological polar surface area (TPSA) is 146 Å². The van der Waals surface area contributed by atoms with Crippen LogP contribution >= 0.6 is 0 Å². The van der Waals surface area contributed by atoms with Gasteiger partial charge in [0.15, 0.2) is 0 Å². The van der Waals surface area contributed by atoms with Gasteiger partial charge in [-0.3, -0.25) is 0 Å². The fraction of sp³-hybridized carbons (Fsp3) is 0.421. The smallest absolute Gasteiger partial charge is 0.407 e. The SMILES string of the molecule is CC(C)(C)OC(=O)NCCC(O)C(O)c1ccc(-n2ncc(C#N)c2N)cc1. The highest BCUT2D eigenvalue weighted by molar-refractivity contribution is 5.67. The quantitative estimate of drug-likeness (QED) is 0.589. The van der Waals surface area contributed by atoms with Crippen molar-refractivity contribution in [3.63, 3.8) is 0 Å². The van der Waals surface area contributed by atoms with E-state index in [2.05, 4.69) is 10.4 Å². The van der Waals surface area contributed by atoms with Gasteiger partial charge in [-0.1, -0.05) is 12.1 Å². The molecule has 0 bridgehead atoms. The summed E-state index contributed by atoms with van der Waals surface area (Å²) in [6.45, 7) is 5.43. The highest BCUT2D eigenvalue weighted by Gasteiger charge is 2.20. The van der Waals surface area contributed by atoms with E-state index in [0.717, 1.165) is 0 Å². The lowest BCUT2D eigenvalue weighted by atomic mass is 10.0. The number of hydrogen-bond donors (Lipinski definition) is 4. The number of benzene rings is 1. The minimum atomic E-state index is -1.13. The summed E-state index contributed by atoms with van der Waals surface area (Å²) in [5, 5.41) is 36.0. The number of aromatic nitrogens is 2. The molecule has 28 heavy (non-hydrogen) atoms. The van der Waals surface area contributed by atoms with Crippen LogP contribution < -0.4 is 11.1 Å². The number of hydrogen-bond acceptors (Lipinski definition) is 7. The second-order valence-electron chi connectivity index (χ2n) is 7.29. The molecule has 9 nitrogen and oxygen atoms in total. The Morgan fingerprint density at radius 2 is 2.00 bits per heavy atom. The number of ether oxygens (including phenoxy) is 1. The molecule has 2 unspecified atom stereocenters. The molecule has 2 atom stereocenters. The molecule has 150 valence electrons. The maximum absolute atomic E-state index is 11.6. The molecule has 0 aliphatic rings. The number of nitrogens with one attached hydrogen (secondary N) is 1. The van der Waals surface area contributed by atoms with E-state index in [1.807, 2.05) is 6.07 Å². The van der Waals surface area contributed by atoms with Gasteiger partial charge >= 0.3 is 6.09 Å². The summed E-state index contributed by atoms with van der Waals surface area (Å²) >= 11 is 0. The molecule has 1 amide bonds. The van der Waals surface area contributed by atoms with Gasteiger partial charge in [0.1, 0.15) is 29.2 Å². The fourth-order valence-electron chi connectivity index (χ4n) is 2.48. The van der Waals surface area contributed by atoms with E-state index in [0.29, 0.717) is 11.3 Å². The Balaban J connectivity index is 1.93. The number of carbonyl (C=O) groups excluding carboxylic acids is 1. The van der Waals surface area contributed by atoms with Crippen LogP contribution in [0.15, 0.2) is 30.5 Å². The van der Waals surface area contributed by atoms with E-state index in [9.17, 15) is 15.0 Å². The standard InChI is InChI=1S/C19H25N5O4/c1-19(2,3)28-18(27)22-9-8-15(25)16(26)12-4-6-14(7-5-12)24-17(21)13(10-20)11-23-24/h4-7,11,15-16,25-26H,8-9,21H2,1-3H3,(H,22,27). The Morgan fingerprint density at radius 1 is 1.36 bits per heavy atom. The van der Waals surface area contributed by atoms with E-state index in [-0.39, 0.29) is 24.3 Å². The minimum absolute atomic E-state index is 0.153. The van der Waals surface area contributed by atoms with Crippen molar-refractivity contribution in [2.45, 2.75) is 45.0 Å². The molecule has 0 saturated carbocycles. The zero-order chi connectivity index (χ0) is 20.9. The van der Waals surface area contributed by atoms with Crippen molar-refractivity contribution in [3.8, 4) is 11.8 Å². The molecule has 1 heterocycles. The average molecular weight is 387 g/mol. The number of amides is 1. The molecule has 2 rings (SSSR count). The molecule has 1 aromatic carbocycles. The number of nitrogens with zero attached hydrogens (tertiary/aromatic N) is 3. The van der Waals surface area contributed by atoms with Crippen LogP contribution in [0.25, 0.3) is 5.69 Å². The third-order valence-electron chi connectivity index (χ3n) is 3.88. The molecule has 0 saturated heterocycles. The van der Waals surface area contributed by atoms with E-state index in [1.54, 1.807) is 45.0 Å². The predicted molar refractivity (Wildman–Crippen MR) is 103 cm³/mol. The number of nitrogen functional groups attached to an aromatic ring is 1. The van der Waals surface area contributed by atoms with Crippen molar-refractivity contribution in [3.05, 3.63) is 41.6 Å². The first-order valence-electron chi connectivity index (χ1n) is 8.79. The average Bonchev–Trinajstić information content (AvgIpc) is 3.00. The molecular formula is C19H25N5O4. The monoisotopic (exact) mass is 387 g/mol. The lowest BCUT2D eigenvalue weighted by Gasteiger charge is -2.21. The number of aliphatic hydroxyl groups excluding tert-OH is 2. The summed E-state index contributed by atoms with van der Waals surface area (Å²) in [4.78, 5) is 11.6. The van der Waals surface area contributed by atoms with Crippen LogP contribution in [0.1, 0.15) is 44.4 Å². The van der Waals surface area contributed by atoms with Crippen molar-refractivity contribution >= 4 is 11.9 Å². The first kappa shape index (κ1) is 21.2. The van der Waals surface area contributed by atoms with E-state index in [4.69, 9.17) is 15.7 Å². The van der Waals surface area contributed by atoms with Crippen LogP contribution in [-0.2, 0) is 4.74 Å². The molecule has 1 aromatic heterocycles. The summed E-state index contributed by atoms with van der Waals surface area (Å²) < 4.78 is 6.52. The number of nitriles is 1. The highest BCUT2D eigenvalue weighted by atomic mass is 16.6. The normalized spacial score (nSPS) is 13.4. The van der Waals surface area contributed by atoms with Gasteiger partial charge in [0.25, 0.3) is 0 Å². The third kappa shape index (κ3) is 5.45. The molecule has 5 N–H and O–H groups in total. The van der Waals surface area contributed by atoms with Gasteiger partial charge in [-0.05, 0) is 44.9 Å². The van der Waals surface area contributed by atoms with Crippen molar-refractivity contribution < 1.29 is 19.7 Å². The van der Waals surface area contributed by atoms with Gasteiger partial charge in [0.2, 0.25) is 0 Å². The van der Waals surface area contributed by atoms with E-state index >= 15 is 0 Å². The summed E-state index contributed by atoms with van der Waals surface area (Å²) in [6, 6.07) is 8.57. The summed E-state index contributed by atoms with van der Waals surface area (Å²) in [6.07, 6.45) is -1.24. The lowest BCUT2D eigenvalue weighted by Crippen LogP contribution is -2.34. The van der Waals surface area contributed by atoms with Gasteiger partial charge < -0.3 is 26.0 Å². The number of anilines is 1. The van der Waals surface area contributed by atoms with Crippen LogP contribution in [0.5, 0.6) is 0 Å². The molecule has 0 aliphatic carbocycles. The van der Waals surface area contributed by atoms with Crippen LogP contribution in [0.2, 0.25) is 0 Å². The van der Waals surface area contributed by atoms with Crippen LogP contribution in [0.4, 0.5) is 10.6 Å². The predicted octanol–water partition coefficient (Wildman–Crippen LogP) is 1.64. The zero-order valence-electron chi connectivity index (χ0n) is 16.1. The number of rotatable bonds is 6. The number of carbonyl (C=O) groups is 1. The first-order chi connectivity index (χ1) is 13.1. The second kappa shape index (κ2) is 8.73. The molecule has 0 fully saturated rings. The van der Waals surface area contributed by atoms with E-state index in [1.165, 1.54) is 10.9 Å². The van der Waals surface area contributed by atoms with Gasteiger partial charge in [0.05, 0.1) is 18.0 Å². The fourth-order valence-corrected chi connectivity index (χ4v) is 2.48. The van der Waals surface area contributed by atoms with Crippen molar-refractivity contribution in [2.24, 2.45) is 0 Å². The molecular weight excluding hydrogens is 362 g/mol. The van der Waals surface area contributed by atoms with Gasteiger partial charge in [0, 0.05) is 6.54 Å². The Hall–Kier alpha value is -3.09. The molecule has 0 aliphatic heterocycles. The largest absolute Gasteiger partial charge is 0.444 e. The summed E-state index contributed by atoms with van der Waals surface area (Å²) in [5.41, 5.74) is 6.65. The Bertz CT molecular complexity index is 849. The lowest BCUT2D eigenvalue weighted by molar-refractivity contribution is 0.0123. The Morgan fingerprint density at radius 3 is 2.54 bits per heavy atom. The molecule has 9 heteroatoms. The van der Waals surface area contributed by atoms with Gasteiger partial charge in [-0.15, -0.1) is 0 Å². The van der Waals surface area contributed by atoms with Gasteiger partial charge in [-0.25, -0.2) is 9.48 Å². The molecule has 0 radical (unpaired) electrons. The third-order valence-corrected chi connectivity index (χ3v) is 3.88. The van der Waals surface area contributed by atoms with Crippen LogP contribution in [0, 0.1) is 11.3 Å². The zero-order valence-corrected chi connectivity index (χ0v) is 16.1. The first-order valence-corrected chi connectivity index (χ1v) is 8.79. The van der Waals surface area contributed by atoms with E-state index < -0.39 is 23.9 Å². The second-order valence-corrected chi connectivity index (χ2v) is 7.29. The van der Waals surface area contributed by atoms with Crippen molar-refractivity contribution in [1.82, 2.24) is 15.1 Å². The van der Waals surface area contributed by atoms with Crippen LogP contribution in [0.3, 0.4) is 0 Å². The maximum Gasteiger partial charge on any atom is 0.407 e. The van der Waals surface area contributed by atoms with Crippen LogP contribution in [-0.4, -0.2) is 44.3 Å². The van der Waals surface area contributed by atoms with Gasteiger partial charge in [-0.2, -0.15) is 10.4 Å². The summed E-state index contributed by atoms with van der Waals surface area (Å²) in [5.74, 6) is 0.226. The Labute approximate surface area is 163 Å². The highest BCUT2D eigenvalue weighted by Crippen LogP contribution is 2.22. The number of alkyl carbamates (subject to hydrolysis) is 1. The maximum atomic E-state index is 11.6. The van der Waals surface area contributed by atoms with Crippen molar-refractivity contribution in [2.75, 3.05) is 12.3 Å².